The summed E-state index contributed by atoms with van der Waals surface area (Å²) in [5.74, 6) is 0. The molecule has 0 spiro atoms. The number of hydrogen-bond donors (Lipinski definition) is 2. The van der Waals surface area contributed by atoms with E-state index in [1.807, 2.05) is 31.0 Å². The second-order valence-electron chi connectivity index (χ2n) is 8.30. The van der Waals surface area contributed by atoms with Crippen LogP contribution in [-0.4, -0.2) is 32.2 Å². The third-order valence-electron chi connectivity index (χ3n) is 3.35. The number of aromatic nitrogens is 3. The first-order valence-corrected chi connectivity index (χ1v) is 9.00. The molecule has 0 unspecified atom stereocenters. The van der Waals surface area contributed by atoms with Crippen molar-refractivity contribution < 1.29 is 0 Å². The van der Waals surface area contributed by atoms with Gasteiger partial charge in [0.1, 0.15) is 0 Å². The van der Waals surface area contributed by atoms with Gasteiger partial charge in [0, 0.05) is 49.0 Å². The highest BCUT2D eigenvalue weighted by atomic mass is 15.0. The Bertz CT molecular complexity index is 550. The van der Waals surface area contributed by atoms with E-state index >= 15 is 0 Å². The van der Waals surface area contributed by atoms with Crippen LogP contribution in [0.15, 0.2) is 43.2 Å². The summed E-state index contributed by atoms with van der Waals surface area (Å²) in [6.45, 7) is 16.0. The number of pyridine rings is 1. The largest absolute Gasteiger partial charge is 0.337 e. The Hall–Kier alpha value is -1.72. The van der Waals surface area contributed by atoms with E-state index in [0.717, 1.165) is 26.1 Å². The van der Waals surface area contributed by atoms with Crippen molar-refractivity contribution in [3.63, 3.8) is 0 Å². The first-order valence-electron chi connectivity index (χ1n) is 9.00. The number of imidazole rings is 1. The van der Waals surface area contributed by atoms with Crippen LogP contribution in [0.3, 0.4) is 0 Å². The van der Waals surface area contributed by atoms with E-state index in [1.165, 1.54) is 5.56 Å². The van der Waals surface area contributed by atoms with Crippen molar-refractivity contribution >= 4 is 0 Å². The number of nitrogens with zero attached hydrogens (tertiary/aromatic N) is 3. The minimum absolute atomic E-state index is 0.176. The molecule has 2 aromatic heterocycles. The summed E-state index contributed by atoms with van der Waals surface area (Å²) in [7, 11) is 0. The minimum Gasteiger partial charge on any atom is -0.337 e. The summed E-state index contributed by atoms with van der Waals surface area (Å²) in [5.41, 5.74) is 1.64. The fourth-order valence-corrected chi connectivity index (χ4v) is 2.01. The van der Waals surface area contributed by atoms with Crippen LogP contribution in [0.1, 0.15) is 53.5 Å². The molecule has 0 saturated heterocycles. The number of hydrogen-bond acceptors (Lipinski definition) is 4. The lowest BCUT2D eigenvalue weighted by Gasteiger charge is -2.20. The molecular formula is C20H35N5. The molecule has 0 saturated carbocycles. The fraction of sp³-hybridized carbons (Fsp3) is 0.600. The summed E-state index contributed by atoms with van der Waals surface area (Å²) >= 11 is 0. The van der Waals surface area contributed by atoms with Crippen LogP contribution < -0.4 is 10.6 Å². The summed E-state index contributed by atoms with van der Waals surface area (Å²) in [4.78, 5) is 8.04. The molecule has 0 aliphatic carbocycles. The van der Waals surface area contributed by atoms with Crippen molar-refractivity contribution in [2.75, 3.05) is 6.54 Å². The predicted octanol–water partition coefficient (Wildman–Crippen LogP) is 3.63. The third-order valence-corrected chi connectivity index (χ3v) is 3.35. The van der Waals surface area contributed by atoms with Gasteiger partial charge in [-0.15, -0.1) is 0 Å². The van der Waals surface area contributed by atoms with Crippen molar-refractivity contribution in [3.8, 4) is 0 Å². The summed E-state index contributed by atoms with van der Waals surface area (Å²) in [5, 5.41) is 6.85. The molecule has 2 rings (SSSR count). The molecule has 0 aliphatic rings. The van der Waals surface area contributed by atoms with Crippen LogP contribution in [0.4, 0.5) is 0 Å². The van der Waals surface area contributed by atoms with Gasteiger partial charge in [-0.3, -0.25) is 4.98 Å². The summed E-state index contributed by atoms with van der Waals surface area (Å²) in [6.07, 6.45) is 10.5. The maximum absolute atomic E-state index is 4.05. The average Bonchev–Trinajstić information content (AvgIpc) is 3.03. The zero-order valence-electron chi connectivity index (χ0n) is 16.7. The van der Waals surface area contributed by atoms with E-state index in [0.29, 0.717) is 0 Å². The molecule has 25 heavy (non-hydrogen) atoms. The zero-order chi connectivity index (χ0) is 18.8. The highest BCUT2D eigenvalue weighted by Gasteiger charge is 2.08. The molecule has 0 aromatic carbocycles. The molecule has 0 atom stereocenters. The predicted molar refractivity (Wildman–Crippen MR) is 105 cm³/mol. The van der Waals surface area contributed by atoms with Gasteiger partial charge in [0.15, 0.2) is 0 Å². The highest BCUT2D eigenvalue weighted by molar-refractivity contribution is 5.08. The smallest absolute Gasteiger partial charge is 0.0945 e. The molecule has 5 heteroatoms. The SMILES string of the molecule is CC(C)(C)NCCCn1ccnc1.CC(C)(C)NCc1cccnc1. The van der Waals surface area contributed by atoms with Gasteiger partial charge in [-0.25, -0.2) is 4.98 Å². The van der Waals surface area contributed by atoms with Gasteiger partial charge in [-0.05, 0) is 66.1 Å². The Kier molecular flexibility index (Phi) is 8.79. The average molecular weight is 346 g/mol. The number of nitrogens with one attached hydrogen (secondary N) is 2. The van der Waals surface area contributed by atoms with Gasteiger partial charge in [0.05, 0.1) is 6.33 Å². The molecule has 0 amide bonds. The molecule has 2 heterocycles. The van der Waals surface area contributed by atoms with Crippen LogP contribution in [0, 0.1) is 0 Å². The van der Waals surface area contributed by atoms with Crippen LogP contribution in [0.25, 0.3) is 0 Å². The minimum atomic E-state index is 0.176. The van der Waals surface area contributed by atoms with Crippen LogP contribution in [0.5, 0.6) is 0 Å². The van der Waals surface area contributed by atoms with Gasteiger partial charge >= 0.3 is 0 Å². The number of rotatable bonds is 6. The van der Waals surface area contributed by atoms with Crippen LogP contribution in [-0.2, 0) is 13.1 Å². The second-order valence-corrected chi connectivity index (χ2v) is 8.30. The van der Waals surface area contributed by atoms with Gasteiger partial charge < -0.3 is 15.2 Å². The van der Waals surface area contributed by atoms with E-state index in [9.17, 15) is 0 Å². The molecule has 0 fully saturated rings. The Balaban J connectivity index is 0.000000251. The van der Waals surface area contributed by atoms with E-state index in [-0.39, 0.29) is 11.1 Å². The Labute approximate surface area is 153 Å². The molecule has 0 radical (unpaired) electrons. The normalized spacial score (nSPS) is 11.8. The molecule has 5 nitrogen and oxygen atoms in total. The quantitative estimate of drug-likeness (QED) is 0.785. The van der Waals surface area contributed by atoms with Crippen molar-refractivity contribution in [3.05, 3.63) is 48.8 Å². The van der Waals surface area contributed by atoms with Crippen LogP contribution in [0.2, 0.25) is 0 Å². The third kappa shape index (κ3) is 12.3. The Morgan fingerprint density at radius 2 is 1.68 bits per heavy atom. The fourth-order valence-electron chi connectivity index (χ4n) is 2.01. The Morgan fingerprint density at radius 3 is 2.20 bits per heavy atom. The zero-order valence-corrected chi connectivity index (χ0v) is 16.7. The van der Waals surface area contributed by atoms with Gasteiger partial charge in [-0.2, -0.15) is 0 Å². The van der Waals surface area contributed by atoms with Gasteiger partial charge in [0.2, 0.25) is 0 Å². The van der Waals surface area contributed by atoms with E-state index < -0.39 is 0 Å². The van der Waals surface area contributed by atoms with Gasteiger partial charge in [0.25, 0.3) is 0 Å². The van der Waals surface area contributed by atoms with Crippen LogP contribution >= 0.6 is 0 Å². The summed E-state index contributed by atoms with van der Waals surface area (Å²) < 4.78 is 2.10. The summed E-state index contributed by atoms with van der Waals surface area (Å²) in [6, 6.07) is 4.03. The van der Waals surface area contributed by atoms with E-state index in [2.05, 4.69) is 72.8 Å². The monoisotopic (exact) mass is 345 g/mol. The highest BCUT2D eigenvalue weighted by Crippen LogP contribution is 2.02. The molecule has 0 aliphatic heterocycles. The lowest BCUT2D eigenvalue weighted by atomic mass is 10.1. The molecular weight excluding hydrogens is 310 g/mol. The topological polar surface area (TPSA) is 54.8 Å². The molecule has 2 N–H and O–H groups in total. The van der Waals surface area contributed by atoms with E-state index in [4.69, 9.17) is 0 Å². The van der Waals surface area contributed by atoms with Crippen molar-refractivity contribution in [1.29, 1.82) is 0 Å². The first kappa shape index (κ1) is 21.3. The van der Waals surface area contributed by atoms with Gasteiger partial charge in [-0.1, -0.05) is 6.07 Å². The lowest BCUT2D eigenvalue weighted by Crippen LogP contribution is -2.36. The molecule has 2 aromatic rings. The standard InChI is InChI=1S/C10H19N3.C10H16N2/c1-10(2,3)12-5-4-7-13-8-6-11-9-13;1-10(2,3)12-8-9-5-4-6-11-7-9/h6,8-9,12H,4-5,7H2,1-3H3;4-7,12H,8H2,1-3H3. The second kappa shape index (κ2) is 10.3. The molecule has 140 valence electrons. The van der Waals surface area contributed by atoms with Crippen molar-refractivity contribution in [2.24, 2.45) is 0 Å². The molecule has 0 bridgehead atoms. The van der Waals surface area contributed by atoms with Crippen molar-refractivity contribution in [2.45, 2.75) is 72.1 Å². The lowest BCUT2D eigenvalue weighted by molar-refractivity contribution is 0.413. The Morgan fingerprint density at radius 1 is 0.960 bits per heavy atom. The van der Waals surface area contributed by atoms with E-state index in [1.54, 1.807) is 6.20 Å². The maximum atomic E-state index is 4.05. The number of aryl methyl sites for hydroxylation is 1. The first-order chi connectivity index (χ1) is 11.7. The maximum Gasteiger partial charge on any atom is 0.0945 e. The van der Waals surface area contributed by atoms with Crippen molar-refractivity contribution in [1.82, 2.24) is 25.2 Å².